The fourth-order valence-electron chi connectivity index (χ4n) is 2.67. The zero-order valence-corrected chi connectivity index (χ0v) is 11.2. The van der Waals surface area contributed by atoms with Crippen molar-refractivity contribution in [3.05, 3.63) is 60.3 Å². The van der Waals surface area contributed by atoms with Crippen LogP contribution in [0.4, 0.5) is 5.69 Å². The molecule has 0 bridgehead atoms. The summed E-state index contributed by atoms with van der Waals surface area (Å²) in [6, 6.07) is 18.8. The number of fused-ring (bicyclic) bond motifs is 1. The van der Waals surface area contributed by atoms with Gasteiger partial charge in [0.1, 0.15) is 0 Å². The Morgan fingerprint density at radius 1 is 0.900 bits per heavy atom. The predicted octanol–water partition coefficient (Wildman–Crippen LogP) is 4.36. The highest BCUT2D eigenvalue weighted by molar-refractivity contribution is 5.93. The Kier molecular flexibility index (Phi) is 2.49. The molecule has 2 heteroatoms. The zero-order chi connectivity index (χ0) is 13.5. The summed E-state index contributed by atoms with van der Waals surface area (Å²) in [6.07, 6.45) is 2.50. The van der Waals surface area contributed by atoms with E-state index < -0.39 is 0 Å². The van der Waals surface area contributed by atoms with Gasteiger partial charge in [0.05, 0.1) is 5.52 Å². The van der Waals surface area contributed by atoms with Crippen LogP contribution in [0.2, 0.25) is 0 Å². The number of aromatic nitrogens is 1. The molecule has 1 heterocycles. The van der Waals surface area contributed by atoms with Crippen molar-refractivity contribution in [1.82, 2.24) is 4.98 Å². The van der Waals surface area contributed by atoms with Crippen LogP contribution < -0.4 is 5.73 Å². The second-order valence-corrected chi connectivity index (χ2v) is 5.51. The fraction of sp³-hybridized carbons (Fsp3) is 0.167. The van der Waals surface area contributed by atoms with Gasteiger partial charge in [-0.2, -0.15) is 0 Å². The van der Waals surface area contributed by atoms with Crippen LogP contribution in [-0.4, -0.2) is 4.98 Å². The minimum Gasteiger partial charge on any atom is -0.398 e. The molecule has 2 nitrogen and oxygen atoms in total. The van der Waals surface area contributed by atoms with Gasteiger partial charge in [0.2, 0.25) is 0 Å². The van der Waals surface area contributed by atoms with Crippen molar-refractivity contribution in [2.24, 2.45) is 0 Å². The summed E-state index contributed by atoms with van der Waals surface area (Å²) in [5.41, 5.74) is 11.6. The van der Waals surface area contributed by atoms with E-state index in [1.54, 1.807) is 0 Å². The van der Waals surface area contributed by atoms with Gasteiger partial charge in [-0.05, 0) is 42.2 Å². The third-order valence-corrected chi connectivity index (χ3v) is 3.96. The summed E-state index contributed by atoms with van der Waals surface area (Å²) in [5, 5.41) is 1.05. The zero-order valence-electron chi connectivity index (χ0n) is 11.2. The normalized spacial score (nSPS) is 14.6. The highest BCUT2D eigenvalue weighted by Crippen LogP contribution is 2.41. The first kappa shape index (κ1) is 11.5. The number of benzene rings is 2. The first-order valence-electron chi connectivity index (χ1n) is 7.07. The van der Waals surface area contributed by atoms with E-state index in [1.807, 2.05) is 6.07 Å². The van der Waals surface area contributed by atoms with E-state index in [0.29, 0.717) is 5.92 Å². The topological polar surface area (TPSA) is 38.9 Å². The largest absolute Gasteiger partial charge is 0.398 e. The number of anilines is 1. The van der Waals surface area contributed by atoms with Crippen LogP contribution in [-0.2, 0) is 0 Å². The molecular formula is C18H16N2. The number of rotatable bonds is 2. The second kappa shape index (κ2) is 4.34. The Morgan fingerprint density at radius 3 is 2.45 bits per heavy atom. The molecule has 1 aliphatic carbocycles. The molecule has 0 radical (unpaired) electrons. The van der Waals surface area contributed by atoms with Gasteiger partial charge in [0, 0.05) is 22.7 Å². The van der Waals surface area contributed by atoms with Gasteiger partial charge in [-0.1, -0.05) is 36.4 Å². The van der Waals surface area contributed by atoms with Crippen molar-refractivity contribution in [2.45, 2.75) is 18.8 Å². The van der Waals surface area contributed by atoms with E-state index in [1.165, 1.54) is 24.0 Å². The molecular weight excluding hydrogens is 244 g/mol. The first-order chi connectivity index (χ1) is 9.81. The minimum absolute atomic E-state index is 0.635. The number of pyridine rings is 1. The summed E-state index contributed by atoms with van der Waals surface area (Å²) in [7, 11) is 0. The Balaban J connectivity index is 1.87. The molecule has 98 valence electrons. The van der Waals surface area contributed by atoms with Crippen molar-refractivity contribution in [2.75, 3.05) is 5.73 Å². The molecule has 4 rings (SSSR count). The molecule has 0 spiro atoms. The van der Waals surface area contributed by atoms with E-state index in [2.05, 4.69) is 48.5 Å². The molecule has 20 heavy (non-hydrogen) atoms. The van der Waals surface area contributed by atoms with E-state index in [4.69, 9.17) is 10.7 Å². The molecule has 0 saturated heterocycles. The van der Waals surface area contributed by atoms with E-state index in [0.717, 1.165) is 22.3 Å². The van der Waals surface area contributed by atoms with Crippen molar-refractivity contribution in [1.29, 1.82) is 0 Å². The Morgan fingerprint density at radius 2 is 1.70 bits per heavy atom. The van der Waals surface area contributed by atoms with Gasteiger partial charge in [-0.25, -0.2) is 0 Å². The third-order valence-electron chi connectivity index (χ3n) is 3.96. The van der Waals surface area contributed by atoms with Crippen molar-refractivity contribution >= 4 is 16.6 Å². The molecule has 0 aliphatic heterocycles. The molecule has 3 aromatic rings. The summed E-state index contributed by atoms with van der Waals surface area (Å²) in [4.78, 5) is 4.75. The molecule has 1 fully saturated rings. The molecule has 0 amide bonds. The maximum Gasteiger partial charge on any atom is 0.0726 e. The Labute approximate surface area is 118 Å². The van der Waals surface area contributed by atoms with Crippen LogP contribution in [0.3, 0.4) is 0 Å². The molecule has 1 saturated carbocycles. The minimum atomic E-state index is 0.635. The average molecular weight is 260 g/mol. The molecule has 1 aliphatic rings. The van der Waals surface area contributed by atoms with E-state index >= 15 is 0 Å². The quantitative estimate of drug-likeness (QED) is 0.743. The number of hydrogen-bond acceptors (Lipinski definition) is 2. The van der Waals surface area contributed by atoms with Crippen molar-refractivity contribution in [3.63, 3.8) is 0 Å². The number of nitrogens with zero attached hydrogens (tertiary/aromatic N) is 1. The fourth-order valence-corrected chi connectivity index (χ4v) is 2.67. The van der Waals surface area contributed by atoms with Crippen LogP contribution in [0.15, 0.2) is 54.6 Å². The van der Waals surface area contributed by atoms with Gasteiger partial charge in [-0.15, -0.1) is 0 Å². The van der Waals surface area contributed by atoms with E-state index in [9.17, 15) is 0 Å². The van der Waals surface area contributed by atoms with Gasteiger partial charge in [0.25, 0.3) is 0 Å². The number of hydrogen-bond donors (Lipinski definition) is 1. The number of nitrogen functional groups attached to an aromatic ring is 1. The van der Waals surface area contributed by atoms with Gasteiger partial charge in [0.15, 0.2) is 0 Å². The molecule has 0 atom stereocenters. The van der Waals surface area contributed by atoms with Crippen molar-refractivity contribution in [3.8, 4) is 11.1 Å². The second-order valence-electron chi connectivity index (χ2n) is 5.51. The lowest BCUT2D eigenvalue weighted by molar-refractivity contribution is 1.05. The Bertz CT molecular complexity index is 774. The predicted molar refractivity (Wildman–Crippen MR) is 83.6 cm³/mol. The van der Waals surface area contributed by atoms with Crippen LogP contribution in [0.5, 0.6) is 0 Å². The molecule has 2 aromatic carbocycles. The summed E-state index contributed by atoms with van der Waals surface area (Å²) < 4.78 is 0. The monoisotopic (exact) mass is 260 g/mol. The van der Waals surface area contributed by atoms with Crippen molar-refractivity contribution < 1.29 is 0 Å². The SMILES string of the molecule is Nc1cc(C2CC2)nc2ccc(-c3ccccc3)cc12. The van der Waals surface area contributed by atoms with Gasteiger partial charge < -0.3 is 5.73 Å². The average Bonchev–Trinajstić information content (AvgIpc) is 3.32. The van der Waals surface area contributed by atoms with Gasteiger partial charge >= 0.3 is 0 Å². The number of nitrogens with two attached hydrogens (primary N) is 1. The first-order valence-corrected chi connectivity index (χ1v) is 7.07. The lowest BCUT2D eigenvalue weighted by atomic mass is 10.0. The van der Waals surface area contributed by atoms with Crippen LogP contribution in [0.25, 0.3) is 22.0 Å². The van der Waals surface area contributed by atoms with Crippen LogP contribution in [0, 0.1) is 0 Å². The standard InChI is InChI=1S/C18H16N2/c19-16-11-18(13-6-7-13)20-17-9-8-14(10-15(16)17)12-4-2-1-3-5-12/h1-5,8-11,13H,6-7H2,(H2,19,20). The highest BCUT2D eigenvalue weighted by Gasteiger charge is 2.25. The molecule has 2 N–H and O–H groups in total. The lowest BCUT2D eigenvalue weighted by Gasteiger charge is -2.08. The summed E-state index contributed by atoms with van der Waals surface area (Å²) >= 11 is 0. The molecule has 1 aromatic heterocycles. The molecule has 0 unspecified atom stereocenters. The summed E-state index contributed by atoms with van der Waals surface area (Å²) in [6.45, 7) is 0. The third kappa shape index (κ3) is 1.94. The maximum atomic E-state index is 6.23. The lowest BCUT2D eigenvalue weighted by Crippen LogP contribution is -1.94. The van der Waals surface area contributed by atoms with Crippen LogP contribution >= 0.6 is 0 Å². The maximum absolute atomic E-state index is 6.23. The summed E-state index contributed by atoms with van der Waals surface area (Å²) in [5.74, 6) is 0.635. The van der Waals surface area contributed by atoms with Crippen LogP contribution in [0.1, 0.15) is 24.5 Å². The highest BCUT2D eigenvalue weighted by atomic mass is 14.7. The van der Waals surface area contributed by atoms with E-state index in [-0.39, 0.29) is 0 Å². The smallest absolute Gasteiger partial charge is 0.0726 e. The Hall–Kier alpha value is -2.35. The van der Waals surface area contributed by atoms with Gasteiger partial charge in [-0.3, -0.25) is 4.98 Å².